The Bertz CT molecular complexity index is 1010. The molecule has 0 aliphatic carbocycles. The van der Waals surface area contributed by atoms with Gasteiger partial charge in [-0.05, 0) is 37.3 Å². The average Bonchev–Trinajstić information content (AvgIpc) is 3.27. The third-order valence-electron chi connectivity index (χ3n) is 5.55. The van der Waals surface area contributed by atoms with Gasteiger partial charge in [-0.15, -0.1) is 4.80 Å². The number of hydrogen-bond acceptors (Lipinski definition) is 5. The zero-order valence-electron chi connectivity index (χ0n) is 16.6. The van der Waals surface area contributed by atoms with Crippen LogP contribution in [0.3, 0.4) is 0 Å². The third-order valence-corrected chi connectivity index (χ3v) is 5.75. The number of aryl methyl sites for hydroxylation is 1. The molecule has 1 aliphatic rings. The SMILES string of the molecule is C[C@@H]1CCCN(C(=O)c2cccc(F)c2-n2nccn2)[C@@H]1CCc1ncc(Cl)cn1. The highest BCUT2D eigenvalue weighted by Gasteiger charge is 2.34. The number of para-hydroxylation sites is 1. The summed E-state index contributed by atoms with van der Waals surface area (Å²) in [5.74, 6) is 0.259. The molecule has 3 aromatic rings. The molecule has 2 atom stereocenters. The largest absolute Gasteiger partial charge is 0.335 e. The van der Waals surface area contributed by atoms with Gasteiger partial charge in [-0.25, -0.2) is 14.4 Å². The molecule has 0 saturated carbocycles. The number of piperidine rings is 1. The van der Waals surface area contributed by atoms with Crippen molar-refractivity contribution < 1.29 is 9.18 Å². The van der Waals surface area contributed by atoms with Crippen molar-refractivity contribution in [3.05, 3.63) is 65.2 Å². The van der Waals surface area contributed by atoms with E-state index in [4.69, 9.17) is 11.6 Å². The molecule has 4 rings (SSSR count). The summed E-state index contributed by atoms with van der Waals surface area (Å²) >= 11 is 5.87. The predicted molar refractivity (Wildman–Crippen MR) is 110 cm³/mol. The van der Waals surface area contributed by atoms with Crippen LogP contribution in [-0.2, 0) is 6.42 Å². The lowest BCUT2D eigenvalue weighted by Crippen LogP contribution is -2.48. The zero-order chi connectivity index (χ0) is 21.1. The summed E-state index contributed by atoms with van der Waals surface area (Å²) in [4.78, 5) is 25.1. The van der Waals surface area contributed by atoms with Gasteiger partial charge in [0.2, 0.25) is 0 Å². The fraction of sp³-hybridized carbons (Fsp3) is 0.381. The summed E-state index contributed by atoms with van der Waals surface area (Å²) < 4.78 is 14.6. The molecule has 156 valence electrons. The highest BCUT2D eigenvalue weighted by Crippen LogP contribution is 2.29. The van der Waals surface area contributed by atoms with Gasteiger partial charge in [-0.3, -0.25) is 4.79 Å². The van der Waals surface area contributed by atoms with Crippen molar-refractivity contribution in [1.29, 1.82) is 0 Å². The van der Waals surface area contributed by atoms with Gasteiger partial charge in [-0.2, -0.15) is 10.2 Å². The minimum absolute atomic E-state index is 0.00669. The second-order valence-corrected chi connectivity index (χ2v) is 7.93. The number of likely N-dealkylation sites (tertiary alicyclic amines) is 1. The van der Waals surface area contributed by atoms with Crippen molar-refractivity contribution in [3.8, 4) is 5.69 Å². The zero-order valence-corrected chi connectivity index (χ0v) is 17.3. The molecule has 1 fully saturated rings. The number of hydrogen-bond donors (Lipinski definition) is 0. The smallest absolute Gasteiger partial charge is 0.256 e. The van der Waals surface area contributed by atoms with E-state index >= 15 is 0 Å². The Labute approximate surface area is 178 Å². The first-order valence-electron chi connectivity index (χ1n) is 9.97. The first-order valence-corrected chi connectivity index (χ1v) is 10.3. The molecular formula is C21H22ClFN6O. The summed E-state index contributed by atoms with van der Waals surface area (Å²) in [6, 6.07) is 4.48. The molecule has 1 aliphatic heterocycles. The quantitative estimate of drug-likeness (QED) is 0.619. The number of aromatic nitrogens is 5. The Hall–Kier alpha value is -2.87. The number of amides is 1. The lowest BCUT2D eigenvalue weighted by molar-refractivity contribution is 0.0497. The van der Waals surface area contributed by atoms with Crippen molar-refractivity contribution >= 4 is 17.5 Å². The van der Waals surface area contributed by atoms with E-state index in [1.54, 1.807) is 24.5 Å². The number of carbonyl (C=O) groups excluding carboxylic acids is 1. The standard InChI is InChI=1S/C21H22ClFN6O/c1-14-4-3-11-28(18(14)7-8-19-24-12-15(22)13-25-19)21(30)16-5-2-6-17(23)20(16)29-26-9-10-27-29/h2,5-6,9-10,12-14,18H,3-4,7-8,11H2,1H3/t14-,18-/m1/s1. The van der Waals surface area contributed by atoms with E-state index in [1.807, 2.05) is 4.90 Å². The van der Waals surface area contributed by atoms with E-state index in [1.165, 1.54) is 18.5 Å². The van der Waals surface area contributed by atoms with Crippen LogP contribution in [0.4, 0.5) is 4.39 Å². The number of nitrogens with zero attached hydrogens (tertiary/aromatic N) is 6. The average molecular weight is 429 g/mol. The predicted octanol–water partition coefficient (Wildman–Crippen LogP) is 3.72. The maximum atomic E-state index is 14.6. The molecule has 7 nitrogen and oxygen atoms in total. The number of benzene rings is 1. The van der Waals surface area contributed by atoms with Crippen LogP contribution in [0.5, 0.6) is 0 Å². The van der Waals surface area contributed by atoms with E-state index in [0.29, 0.717) is 29.7 Å². The molecule has 0 N–H and O–H groups in total. The molecule has 3 heterocycles. The van der Waals surface area contributed by atoms with Gasteiger partial charge in [0.15, 0.2) is 5.82 Å². The monoisotopic (exact) mass is 428 g/mol. The normalized spacial score (nSPS) is 19.1. The van der Waals surface area contributed by atoms with E-state index < -0.39 is 5.82 Å². The fourth-order valence-electron chi connectivity index (χ4n) is 4.06. The van der Waals surface area contributed by atoms with Crippen LogP contribution < -0.4 is 0 Å². The van der Waals surface area contributed by atoms with Crippen LogP contribution in [-0.4, -0.2) is 48.4 Å². The second-order valence-electron chi connectivity index (χ2n) is 7.50. The van der Waals surface area contributed by atoms with Crippen molar-refractivity contribution in [3.63, 3.8) is 0 Å². The minimum Gasteiger partial charge on any atom is -0.335 e. The van der Waals surface area contributed by atoms with Crippen molar-refractivity contribution in [2.45, 2.75) is 38.6 Å². The number of rotatable bonds is 5. The Kier molecular flexibility index (Phi) is 6.03. The topological polar surface area (TPSA) is 76.8 Å². The van der Waals surface area contributed by atoms with Gasteiger partial charge in [0, 0.05) is 31.4 Å². The maximum Gasteiger partial charge on any atom is 0.256 e. The van der Waals surface area contributed by atoms with Crippen LogP contribution in [0.25, 0.3) is 5.69 Å². The lowest BCUT2D eigenvalue weighted by atomic mass is 9.87. The van der Waals surface area contributed by atoms with Gasteiger partial charge in [0.1, 0.15) is 11.5 Å². The molecule has 1 saturated heterocycles. The van der Waals surface area contributed by atoms with Crippen molar-refractivity contribution in [1.82, 2.24) is 29.9 Å². The molecule has 9 heteroatoms. The number of carbonyl (C=O) groups is 1. The van der Waals surface area contributed by atoms with Gasteiger partial charge in [0.25, 0.3) is 5.91 Å². The highest BCUT2D eigenvalue weighted by molar-refractivity contribution is 6.30. The second kappa shape index (κ2) is 8.87. The Morgan fingerprint density at radius 3 is 2.70 bits per heavy atom. The highest BCUT2D eigenvalue weighted by atomic mass is 35.5. The molecule has 2 aromatic heterocycles. The van der Waals surface area contributed by atoms with E-state index in [0.717, 1.165) is 24.1 Å². The summed E-state index contributed by atoms with van der Waals surface area (Å²) in [6.07, 6.45) is 9.36. The molecule has 30 heavy (non-hydrogen) atoms. The van der Waals surface area contributed by atoms with Gasteiger partial charge in [-0.1, -0.05) is 24.6 Å². The summed E-state index contributed by atoms with van der Waals surface area (Å²) in [7, 11) is 0. The minimum atomic E-state index is -0.534. The number of halogens is 2. The molecular weight excluding hydrogens is 407 g/mol. The maximum absolute atomic E-state index is 14.6. The third kappa shape index (κ3) is 4.18. The Morgan fingerprint density at radius 1 is 1.23 bits per heavy atom. The van der Waals surface area contributed by atoms with Gasteiger partial charge in [0.05, 0.1) is 23.0 Å². The molecule has 1 amide bonds. The van der Waals surface area contributed by atoms with Crippen LogP contribution in [0.2, 0.25) is 5.02 Å². The first kappa shape index (κ1) is 20.4. The fourth-order valence-corrected chi connectivity index (χ4v) is 4.16. The van der Waals surface area contributed by atoms with Crippen LogP contribution >= 0.6 is 11.6 Å². The van der Waals surface area contributed by atoms with E-state index in [-0.39, 0.29) is 23.2 Å². The van der Waals surface area contributed by atoms with Crippen molar-refractivity contribution in [2.24, 2.45) is 5.92 Å². The van der Waals surface area contributed by atoms with Gasteiger partial charge < -0.3 is 4.90 Å². The molecule has 0 unspecified atom stereocenters. The van der Waals surface area contributed by atoms with Crippen LogP contribution in [0.15, 0.2) is 43.0 Å². The Balaban J connectivity index is 1.60. The van der Waals surface area contributed by atoms with Crippen molar-refractivity contribution in [2.75, 3.05) is 6.54 Å². The van der Waals surface area contributed by atoms with Crippen LogP contribution in [0.1, 0.15) is 42.4 Å². The summed E-state index contributed by atoms with van der Waals surface area (Å²) in [5.41, 5.74) is 0.332. The van der Waals surface area contributed by atoms with E-state index in [9.17, 15) is 9.18 Å². The van der Waals surface area contributed by atoms with Gasteiger partial charge >= 0.3 is 0 Å². The molecule has 0 bridgehead atoms. The molecule has 0 spiro atoms. The molecule has 1 aromatic carbocycles. The first-order chi connectivity index (χ1) is 14.5. The van der Waals surface area contributed by atoms with E-state index in [2.05, 4.69) is 27.1 Å². The Morgan fingerprint density at radius 2 is 1.97 bits per heavy atom. The molecule has 0 radical (unpaired) electrons. The summed E-state index contributed by atoms with van der Waals surface area (Å²) in [6.45, 7) is 2.77. The summed E-state index contributed by atoms with van der Waals surface area (Å²) in [5, 5.41) is 8.53. The lowest BCUT2D eigenvalue weighted by Gasteiger charge is -2.40. The van der Waals surface area contributed by atoms with Crippen LogP contribution in [0, 0.1) is 11.7 Å².